The molecule has 2 aromatic rings. The van der Waals surface area contributed by atoms with Crippen LogP contribution < -0.4 is 4.90 Å². The van der Waals surface area contributed by atoms with E-state index in [1.54, 1.807) is 0 Å². The van der Waals surface area contributed by atoms with Crippen molar-refractivity contribution < 1.29 is 8.42 Å². The van der Waals surface area contributed by atoms with Crippen molar-refractivity contribution in [2.24, 2.45) is 0 Å². The highest BCUT2D eigenvalue weighted by atomic mass is 32.2. The second-order valence-electron chi connectivity index (χ2n) is 5.27. The zero-order chi connectivity index (χ0) is 14.9. The molecular formula is C14H19N3O2S. The Hall–Kier alpha value is -1.69. The van der Waals surface area contributed by atoms with Crippen LogP contribution in [0.2, 0.25) is 0 Å². The highest BCUT2D eigenvalue weighted by Gasteiger charge is 2.18. The topological polar surface area (TPSA) is 63.2 Å². The number of nitrogens with zero attached hydrogens (tertiary/aromatic N) is 3. The van der Waals surface area contributed by atoms with Crippen molar-refractivity contribution >= 4 is 26.6 Å². The summed E-state index contributed by atoms with van der Waals surface area (Å²) in [4.78, 5) is 10.5. The fraction of sp³-hybridized carbons (Fsp3) is 0.429. The molecule has 1 aromatic heterocycles. The van der Waals surface area contributed by atoms with E-state index in [2.05, 4.69) is 9.97 Å². The van der Waals surface area contributed by atoms with Gasteiger partial charge < -0.3 is 4.90 Å². The van der Waals surface area contributed by atoms with E-state index in [4.69, 9.17) is 0 Å². The molecule has 0 bridgehead atoms. The van der Waals surface area contributed by atoms with Gasteiger partial charge >= 0.3 is 0 Å². The van der Waals surface area contributed by atoms with E-state index in [1.165, 1.54) is 12.6 Å². The van der Waals surface area contributed by atoms with E-state index in [9.17, 15) is 8.42 Å². The third kappa shape index (κ3) is 3.25. The molecule has 1 aromatic carbocycles. The van der Waals surface area contributed by atoms with E-state index in [1.807, 2.05) is 44.0 Å². The molecule has 0 aliphatic rings. The first kappa shape index (κ1) is 14.7. The average molecular weight is 293 g/mol. The van der Waals surface area contributed by atoms with Gasteiger partial charge in [0.1, 0.15) is 22.0 Å². The fourth-order valence-corrected chi connectivity index (χ4v) is 3.30. The Morgan fingerprint density at radius 1 is 1.30 bits per heavy atom. The largest absolute Gasteiger partial charge is 0.355 e. The number of aryl methyl sites for hydroxylation is 1. The van der Waals surface area contributed by atoms with E-state index >= 15 is 0 Å². The van der Waals surface area contributed by atoms with Gasteiger partial charge in [0.25, 0.3) is 0 Å². The number of hydrogen-bond donors (Lipinski definition) is 0. The third-order valence-corrected chi connectivity index (χ3v) is 4.40. The van der Waals surface area contributed by atoms with Gasteiger partial charge in [0, 0.05) is 24.7 Å². The summed E-state index contributed by atoms with van der Waals surface area (Å²) in [7, 11) is -1.16. The van der Waals surface area contributed by atoms with E-state index in [0.29, 0.717) is 0 Å². The van der Waals surface area contributed by atoms with Crippen molar-refractivity contribution in [3.63, 3.8) is 0 Å². The minimum atomic E-state index is -3.02. The molecule has 0 fully saturated rings. The molecule has 1 heterocycles. The van der Waals surface area contributed by atoms with Gasteiger partial charge in [0.05, 0.1) is 11.3 Å². The van der Waals surface area contributed by atoms with Gasteiger partial charge in [-0.05, 0) is 26.0 Å². The maximum atomic E-state index is 11.4. The monoisotopic (exact) mass is 293 g/mol. The molecule has 108 valence electrons. The first-order chi connectivity index (χ1) is 9.28. The van der Waals surface area contributed by atoms with Gasteiger partial charge in [-0.15, -0.1) is 0 Å². The average Bonchev–Trinajstić information content (AvgIpc) is 2.35. The quantitative estimate of drug-likeness (QED) is 0.860. The van der Waals surface area contributed by atoms with Crippen LogP contribution >= 0.6 is 0 Å². The molecule has 0 spiro atoms. The number of sulfone groups is 1. The van der Waals surface area contributed by atoms with Crippen LogP contribution in [0.25, 0.3) is 10.9 Å². The Morgan fingerprint density at radius 3 is 2.65 bits per heavy atom. The highest BCUT2D eigenvalue weighted by molar-refractivity contribution is 7.90. The lowest BCUT2D eigenvalue weighted by atomic mass is 10.1. The number of rotatable bonds is 4. The summed E-state index contributed by atoms with van der Waals surface area (Å²) in [5.74, 6) is 0.857. The molecule has 0 saturated carbocycles. The lowest BCUT2D eigenvalue weighted by molar-refractivity contribution is 0.593. The van der Waals surface area contributed by atoms with Gasteiger partial charge in [0.15, 0.2) is 0 Å². The minimum Gasteiger partial charge on any atom is -0.355 e. The molecule has 0 aliphatic carbocycles. The number of benzene rings is 1. The van der Waals surface area contributed by atoms with Crippen molar-refractivity contribution in [2.45, 2.75) is 19.9 Å². The number of anilines is 1. The summed E-state index contributed by atoms with van der Waals surface area (Å²) in [6.07, 6.45) is 2.76. The number of fused-ring (bicyclic) bond motifs is 1. The SMILES string of the molecule is Cc1ccc2ncnc(N(C)C(C)CS(C)(=O)=O)c2c1. The van der Waals surface area contributed by atoms with Crippen LogP contribution in [0, 0.1) is 6.92 Å². The summed E-state index contributed by atoms with van der Waals surface area (Å²) >= 11 is 0. The van der Waals surface area contributed by atoms with Crippen molar-refractivity contribution in [3.05, 3.63) is 30.1 Å². The summed E-state index contributed by atoms with van der Waals surface area (Å²) in [5.41, 5.74) is 1.98. The predicted molar refractivity (Wildman–Crippen MR) is 81.9 cm³/mol. The molecule has 20 heavy (non-hydrogen) atoms. The molecule has 2 rings (SSSR count). The van der Waals surface area contributed by atoms with Crippen molar-refractivity contribution in [1.82, 2.24) is 9.97 Å². The third-order valence-electron chi connectivity index (χ3n) is 3.31. The zero-order valence-corrected chi connectivity index (χ0v) is 13.0. The lowest BCUT2D eigenvalue weighted by Crippen LogP contribution is -2.35. The standard InChI is InChI=1S/C14H19N3O2S/c1-10-5-6-13-12(7-10)14(16-9-15-13)17(3)11(2)8-20(4,18)19/h5-7,9,11H,8H2,1-4H3. The molecule has 5 nitrogen and oxygen atoms in total. The number of aromatic nitrogens is 2. The minimum absolute atomic E-state index is 0.0980. The van der Waals surface area contributed by atoms with Crippen molar-refractivity contribution in [1.29, 1.82) is 0 Å². The van der Waals surface area contributed by atoms with Gasteiger partial charge in [-0.25, -0.2) is 18.4 Å². The van der Waals surface area contributed by atoms with Crippen LogP contribution in [0.3, 0.4) is 0 Å². The first-order valence-corrected chi connectivity index (χ1v) is 8.46. The van der Waals surface area contributed by atoms with Crippen LogP contribution in [0.1, 0.15) is 12.5 Å². The lowest BCUT2D eigenvalue weighted by Gasteiger charge is -2.26. The Kier molecular flexibility index (Phi) is 3.94. The normalized spacial score (nSPS) is 13.4. The number of hydrogen-bond acceptors (Lipinski definition) is 5. The maximum absolute atomic E-state index is 11.4. The second-order valence-corrected chi connectivity index (χ2v) is 7.46. The summed E-state index contributed by atoms with van der Waals surface area (Å²) in [6, 6.07) is 5.82. The maximum Gasteiger partial charge on any atom is 0.149 e. The summed E-state index contributed by atoms with van der Waals surface area (Å²) in [6.45, 7) is 3.89. The van der Waals surface area contributed by atoms with Gasteiger partial charge in [-0.1, -0.05) is 11.6 Å². The molecule has 1 unspecified atom stereocenters. The van der Waals surface area contributed by atoms with Crippen LogP contribution in [0.4, 0.5) is 5.82 Å². The van der Waals surface area contributed by atoms with Crippen molar-refractivity contribution in [2.75, 3.05) is 24.0 Å². The van der Waals surface area contributed by atoms with Gasteiger partial charge in [-0.2, -0.15) is 0 Å². The molecule has 0 amide bonds. The predicted octanol–water partition coefficient (Wildman–Crippen LogP) is 1.81. The highest BCUT2D eigenvalue weighted by Crippen LogP contribution is 2.24. The van der Waals surface area contributed by atoms with Gasteiger partial charge in [0.2, 0.25) is 0 Å². The molecule has 0 radical (unpaired) electrons. The Bertz CT molecular complexity index is 728. The summed E-state index contributed by atoms with van der Waals surface area (Å²) in [5, 5.41) is 0.940. The first-order valence-electron chi connectivity index (χ1n) is 6.40. The molecule has 0 N–H and O–H groups in total. The van der Waals surface area contributed by atoms with Gasteiger partial charge in [-0.3, -0.25) is 0 Å². The molecule has 0 aliphatic heterocycles. The van der Waals surface area contributed by atoms with E-state index in [0.717, 1.165) is 22.3 Å². The Morgan fingerprint density at radius 2 is 2.00 bits per heavy atom. The van der Waals surface area contributed by atoms with E-state index in [-0.39, 0.29) is 11.8 Å². The van der Waals surface area contributed by atoms with Crippen LogP contribution in [-0.2, 0) is 9.84 Å². The second kappa shape index (κ2) is 5.36. The fourth-order valence-electron chi connectivity index (χ4n) is 2.20. The van der Waals surface area contributed by atoms with Crippen molar-refractivity contribution in [3.8, 4) is 0 Å². The zero-order valence-electron chi connectivity index (χ0n) is 12.2. The van der Waals surface area contributed by atoms with Crippen LogP contribution in [-0.4, -0.2) is 43.5 Å². The molecular weight excluding hydrogens is 274 g/mol. The van der Waals surface area contributed by atoms with E-state index < -0.39 is 9.84 Å². The Balaban J connectivity index is 2.44. The van der Waals surface area contributed by atoms with Crippen LogP contribution in [0.15, 0.2) is 24.5 Å². The summed E-state index contributed by atoms with van der Waals surface area (Å²) < 4.78 is 22.9. The molecule has 6 heteroatoms. The van der Waals surface area contributed by atoms with Crippen LogP contribution in [0.5, 0.6) is 0 Å². The molecule has 0 saturated heterocycles. The smallest absolute Gasteiger partial charge is 0.149 e. The Labute approximate surface area is 119 Å². The molecule has 1 atom stereocenters.